The van der Waals surface area contributed by atoms with E-state index in [4.69, 9.17) is 4.74 Å². The number of hydrogen-bond donors (Lipinski definition) is 1. The van der Waals surface area contributed by atoms with Crippen molar-refractivity contribution in [2.24, 2.45) is 0 Å². The molecule has 0 atom stereocenters. The maximum absolute atomic E-state index is 11.3. The first-order valence-electron chi connectivity index (χ1n) is 9.23. The number of nitrogens with one attached hydrogen (secondary N) is 1. The maximum atomic E-state index is 11.3. The molecule has 152 valence electrons. The molecule has 0 unspecified atom stereocenters. The molecular formula is C23H16N4O3S. The Kier molecular flexibility index (Phi) is 5.60. The highest BCUT2D eigenvalue weighted by molar-refractivity contribution is 7.11. The van der Waals surface area contributed by atoms with Crippen molar-refractivity contribution in [1.29, 1.82) is 5.26 Å². The van der Waals surface area contributed by atoms with E-state index in [0.717, 1.165) is 22.0 Å². The molecule has 31 heavy (non-hydrogen) atoms. The van der Waals surface area contributed by atoms with Gasteiger partial charge in [0.15, 0.2) is 0 Å². The minimum Gasteiger partial charge on any atom is -0.496 e. The van der Waals surface area contributed by atoms with E-state index in [1.165, 1.54) is 36.8 Å². The van der Waals surface area contributed by atoms with E-state index >= 15 is 0 Å². The zero-order valence-electron chi connectivity index (χ0n) is 16.4. The van der Waals surface area contributed by atoms with Crippen LogP contribution in [0, 0.1) is 21.4 Å². The molecule has 0 radical (unpaired) electrons. The molecule has 8 heteroatoms. The van der Waals surface area contributed by atoms with E-state index in [9.17, 15) is 15.4 Å². The SMILES string of the molecule is COc1ccc(N/C=C(\C#N)c2nc(-c3ccc4ccccc4c3)cs2)c([N+](=O)[O-])c1. The smallest absolute Gasteiger partial charge is 0.296 e. The van der Waals surface area contributed by atoms with Crippen LogP contribution >= 0.6 is 11.3 Å². The third-order valence-electron chi connectivity index (χ3n) is 4.67. The molecule has 1 N–H and O–H groups in total. The summed E-state index contributed by atoms with van der Waals surface area (Å²) in [7, 11) is 1.44. The first kappa shape index (κ1) is 20.1. The molecular weight excluding hydrogens is 412 g/mol. The Morgan fingerprint density at radius 2 is 2.00 bits per heavy atom. The van der Waals surface area contributed by atoms with Gasteiger partial charge in [-0.3, -0.25) is 10.1 Å². The minimum atomic E-state index is -0.508. The van der Waals surface area contributed by atoms with Gasteiger partial charge >= 0.3 is 0 Å². The predicted octanol–water partition coefficient (Wildman–Crippen LogP) is 5.86. The number of fused-ring (bicyclic) bond motifs is 1. The van der Waals surface area contributed by atoms with Gasteiger partial charge in [0.1, 0.15) is 28.1 Å². The van der Waals surface area contributed by atoms with Crippen LogP contribution in [0.1, 0.15) is 5.01 Å². The van der Waals surface area contributed by atoms with Gasteiger partial charge in [-0.15, -0.1) is 11.3 Å². The zero-order valence-corrected chi connectivity index (χ0v) is 17.2. The van der Waals surface area contributed by atoms with Crippen LogP contribution in [0.25, 0.3) is 27.6 Å². The highest BCUT2D eigenvalue weighted by atomic mass is 32.1. The van der Waals surface area contributed by atoms with Crippen LogP contribution in [-0.2, 0) is 0 Å². The molecule has 7 nitrogen and oxygen atoms in total. The summed E-state index contributed by atoms with van der Waals surface area (Å²) in [5.41, 5.74) is 2.11. The number of nitro groups is 1. The first-order chi connectivity index (χ1) is 15.1. The topological polar surface area (TPSA) is 101 Å². The third-order valence-corrected chi connectivity index (χ3v) is 5.55. The summed E-state index contributed by atoms with van der Waals surface area (Å²) in [6.45, 7) is 0. The number of benzene rings is 3. The Bertz CT molecular complexity index is 1350. The van der Waals surface area contributed by atoms with Crippen molar-refractivity contribution >= 4 is 39.1 Å². The second-order valence-electron chi connectivity index (χ2n) is 6.55. The summed E-state index contributed by atoms with van der Waals surface area (Å²) in [4.78, 5) is 15.4. The summed E-state index contributed by atoms with van der Waals surface area (Å²) < 4.78 is 5.04. The number of allylic oxidation sites excluding steroid dienone is 1. The van der Waals surface area contributed by atoms with Crippen LogP contribution in [0.5, 0.6) is 5.75 Å². The Hall–Kier alpha value is -4.22. The Morgan fingerprint density at radius 1 is 1.19 bits per heavy atom. The van der Waals surface area contributed by atoms with Crippen molar-refractivity contribution < 1.29 is 9.66 Å². The lowest BCUT2D eigenvalue weighted by molar-refractivity contribution is -0.384. The molecule has 0 aliphatic rings. The number of rotatable bonds is 6. The van der Waals surface area contributed by atoms with Gasteiger partial charge < -0.3 is 10.1 Å². The van der Waals surface area contributed by atoms with E-state index in [2.05, 4.69) is 22.4 Å². The van der Waals surface area contributed by atoms with Crippen LogP contribution in [-0.4, -0.2) is 17.0 Å². The molecule has 0 spiro atoms. The second-order valence-corrected chi connectivity index (χ2v) is 7.41. The number of aromatic nitrogens is 1. The quantitative estimate of drug-likeness (QED) is 0.235. The lowest BCUT2D eigenvalue weighted by Gasteiger charge is -2.05. The molecule has 0 aliphatic carbocycles. The number of nitrogens with zero attached hydrogens (tertiary/aromatic N) is 3. The summed E-state index contributed by atoms with van der Waals surface area (Å²) >= 11 is 1.34. The third kappa shape index (κ3) is 4.22. The fourth-order valence-corrected chi connectivity index (χ4v) is 3.88. The standard InChI is InChI=1S/C23H16N4O3S/c1-30-19-8-9-20(22(11-19)27(28)29)25-13-18(12-24)23-26-21(14-31-23)17-7-6-15-4-2-3-5-16(15)10-17/h2-11,13-14,25H,1H3/b18-13+. The average molecular weight is 428 g/mol. The van der Waals surface area contributed by atoms with Crippen LogP contribution in [0.2, 0.25) is 0 Å². The van der Waals surface area contributed by atoms with E-state index < -0.39 is 4.92 Å². The Balaban J connectivity index is 1.62. The molecule has 0 saturated heterocycles. The van der Waals surface area contributed by atoms with Crippen molar-refractivity contribution in [3.8, 4) is 23.1 Å². The maximum Gasteiger partial charge on any atom is 0.296 e. The van der Waals surface area contributed by atoms with Gasteiger partial charge in [0.2, 0.25) is 0 Å². The number of thiazole rings is 1. The lowest BCUT2D eigenvalue weighted by atomic mass is 10.1. The van der Waals surface area contributed by atoms with Gasteiger partial charge in [0.05, 0.1) is 23.8 Å². The minimum absolute atomic E-state index is 0.149. The number of ether oxygens (including phenoxy) is 1. The van der Waals surface area contributed by atoms with E-state index in [-0.39, 0.29) is 16.9 Å². The Labute approximate surface area is 182 Å². The summed E-state index contributed by atoms with van der Waals surface area (Å²) in [5.74, 6) is 0.377. The van der Waals surface area contributed by atoms with Crippen LogP contribution in [0.4, 0.5) is 11.4 Å². The lowest BCUT2D eigenvalue weighted by Crippen LogP contribution is -1.98. The predicted molar refractivity (Wildman–Crippen MR) is 122 cm³/mol. The van der Waals surface area contributed by atoms with E-state index in [1.807, 2.05) is 41.8 Å². The second kappa shape index (κ2) is 8.65. The molecule has 0 aliphatic heterocycles. The molecule has 4 aromatic rings. The van der Waals surface area contributed by atoms with Crippen molar-refractivity contribution in [2.75, 3.05) is 12.4 Å². The van der Waals surface area contributed by atoms with E-state index in [0.29, 0.717) is 10.8 Å². The largest absolute Gasteiger partial charge is 0.496 e. The van der Waals surface area contributed by atoms with Crippen molar-refractivity contribution in [3.05, 3.63) is 87.4 Å². The van der Waals surface area contributed by atoms with Gasteiger partial charge in [-0.25, -0.2) is 4.98 Å². The van der Waals surface area contributed by atoms with Gasteiger partial charge in [-0.1, -0.05) is 36.4 Å². The molecule has 0 amide bonds. The van der Waals surface area contributed by atoms with Crippen LogP contribution < -0.4 is 10.1 Å². The van der Waals surface area contributed by atoms with Gasteiger partial charge in [-0.2, -0.15) is 5.26 Å². The van der Waals surface area contributed by atoms with Gasteiger partial charge in [-0.05, 0) is 29.0 Å². The molecule has 3 aromatic carbocycles. The molecule has 4 rings (SSSR count). The summed E-state index contributed by atoms with van der Waals surface area (Å²) in [6, 6.07) is 20.7. The normalized spacial score (nSPS) is 11.2. The number of methoxy groups -OCH3 is 1. The number of hydrogen-bond acceptors (Lipinski definition) is 7. The van der Waals surface area contributed by atoms with Crippen molar-refractivity contribution in [3.63, 3.8) is 0 Å². The molecule has 0 fully saturated rings. The van der Waals surface area contributed by atoms with Gasteiger partial charge in [0.25, 0.3) is 5.69 Å². The first-order valence-corrected chi connectivity index (χ1v) is 10.1. The monoisotopic (exact) mass is 428 g/mol. The number of nitriles is 1. The Morgan fingerprint density at radius 3 is 2.74 bits per heavy atom. The zero-order chi connectivity index (χ0) is 21.8. The molecule has 0 bridgehead atoms. The van der Waals surface area contributed by atoms with E-state index in [1.54, 1.807) is 6.07 Å². The summed E-state index contributed by atoms with van der Waals surface area (Å²) in [6.07, 6.45) is 1.43. The number of anilines is 1. The van der Waals surface area contributed by atoms with Crippen molar-refractivity contribution in [2.45, 2.75) is 0 Å². The van der Waals surface area contributed by atoms with Gasteiger partial charge in [0, 0.05) is 17.1 Å². The van der Waals surface area contributed by atoms with Crippen molar-refractivity contribution in [1.82, 2.24) is 4.98 Å². The van der Waals surface area contributed by atoms with Crippen LogP contribution in [0.15, 0.2) is 72.2 Å². The molecule has 0 saturated carbocycles. The highest BCUT2D eigenvalue weighted by Crippen LogP contribution is 2.31. The fraction of sp³-hybridized carbons (Fsp3) is 0.0435. The fourth-order valence-electron chi connectivity index (χ4n) is 3.08. The van der Waals surface area contributed by atoms with Crippen LogP contribution in [0.3, 0.4) is 0 Å². The number of nitro benzene ring substituents is 1. The highest BCUT2D eigenvalue weighted by Gasteiger charge is 2.15. The average Bonchev–Trinajstić information content (AvgIpc) is 3.29. The molecule has 1 heterocycles. The summed E-state index contributed by atoms with van der Waals surface area (Å²) in [5, 5.41) is 28.5. The molecule has 1 aromatic heterocycles.